The third kappa shape index (κ3) is 5.39. The molecule has 0 aromatic carbocycles. The smallest absolute Gasteiger partial charge is 0.180 e. The topological polar surface area (TPSA) is 49.7 Å². The fourth-order valence-corrected chi connectivity index (χ4v) is 1.09. The molecule has 3 heteroatoms. The van der Waals surface area contributed by atoms with Crippen molar-refractivity contribution < 1.29 is 10.0 Å². The molecule has 76 valence electrons. The second kappa shape index (κ2) is 5.73. The van der Waals surface area contributed by atoms with Crippen molar-refractivity contribution in [2.75, 3.05) is 0 Å². The first kappa shape index (κ1) is 12.1. The van der Waals surface area contributed by atoms with Gasteiger partial charge >= 0.3 is 0 Å². The minimum Gasteiger partial charge on any atom is -0.411 e. The van der Waals surface area contributed by atoms with Gasteiger partial charge in [-0.1, -0.05) is 32.9 Å². The van der Waals surface area contributed by atoms with Crippen LogP contribution in [0.15, 0.2) is 5.16 Å². The van der Waals surface area contributed by atoms with Gasteiger partial charge in [-0.2, -0.15) is 0 Å². The Morgan fingerprint density at radius 1 is 1.15 bits per heavy atom. The van der Waals surface area contributed by atoms with Crippen molar-refractivity contribution in [3.8, 4) is 0 Å². The molecule has 0 bridgehead atoms. The monoisotopic (exact) mass is 185 g/mol. The molecule has 0 amide bonds. The first-order valence-corrected chi connectivity index (χ1v) is 4.71. The summed E-state index contributed by atoms with van der Waals surface area (Å²) in [5, 5.41) is 11.7. The van der Waals surface area contributed by atoms with Crippen LogP contribution < -0.4 is 0 Å². The molecule has 0 aromatic rings. The molecule has 0 aliphatic carbocycles. The van der Waals surface area contributed by atoms with Gasteiger partial charge in [-0.15, -0.1) is 0 Å². The molecule has 0 aromatic heterocycles. The quantitative estimate of drug-likeness (QED) is 0.406. The van der Waals surface area contributed by atoms with Crippen LogP contribution in [0, 0.1) is 11.8 Å². The molecule has 0 saturated carbocycles. The third-order valence-electron chi connectivity index (χ3n) is 1.64. The molecule has 0 unspecified atom stereocenters. The van der Waals surface area contributed by atoms with Crippen molar-refractivity contribution in [1.29, 1.82) is 0 Å². The highest BCUT2D eigenvalue weighted by Gasteiger charge is 2.14. The highest BCUT2D eigenvalue weighted by molar-refractivity contribution is 6.39. The number of nitrogens with zero attached hydrogens (tertiary/aromatic N) is 1. The number of hydrogen-bond acceptors (Lipinski definition) is 3. The van der Waals surface area contributed by atoms with Gasteiger partial charge in [0.2, 0.25) is 0 Å². The minimum atomic E-state index is -0.0359. The van der Waals surface area contributed by atoms with Crippen molar-refractivity contribution >= 4 is 11.5 Å². The normalized spacial score (nSPS) is 12.6. The Balaban J connectivity index is 4.18. The van der Waals surface area contributed by atoms with Gasteiger partial charge < -0.3 is 5.21 Å². The van der Waals surface area contributed by atoms with Crippen LogP contribution in [0.3, 0.4) is 0 Å². The van der Waals surface area contributed by atoms with Gasteiger partial charge in [0.1, 0.15) is 5.71 Å². The SMILES string of the molecule is CC(C)CC(=O)C(CC(C)C)=NO. The third-order valence-corrected chi connectivity index (χ3v) is 1.64. The van der Waals surface area contributed by atoms with Gasteiger partial charge in [0.05, 0.1) is 0 Å². The second-order valence-corrected chi connectivity index (χ2v) is 4.17. The number of rotatable bonds is 5. The van der Waals surface area contributed by atoms with Gasteiger partial charge in [-0.3, -0.25) is 4.79 Å². The van der Waals surface area contributed by atoms with Crippen LogP contribution in [0.2, 0.25) is 0 Å². The van der Waals surface area contributed by atoms with E-state index in [1.807, 2.05) is 27.7 Å². The number of oxime groups is 1. The standard InChI is InChI=1S/C10H19NO2/c1-7(2)5-9(11-13)10(12)6-8(3)4/h7-8,13H,5-6H2,1-4H3. The zero-order valence-electron chi connectivity index (χ0n) is 8.87. The van der Waals surface area contributed by atoms with Crippen LogP contribution in [0.25, 0.3) is 0 Å². The molecule has 0 rings (SSSR count). The van der Waals surface area contributed by atoms with Crippen LogP contribution in [-0.4, -0.2) is 16.7 Å². The summed E-state index contributed by atoms with van der Waals surface area (Å²) in [5.74, 6) is 0.629. The molecule has 13 heavy (non-hydrogen) atoms. The Morgan fingerprint density at radius 3 is 1.92 bits per heavy atom. The molecule has 0 atom stereocenters. The Morgan fingerprint density at radius 2 is 1.62 bits per heavy atom. The number of Topliss-reactive ketones (excluding diaryl/α,β-unsaturated/α-hetero) is 1. The molecule has 1 N–H and O–H groups in total. The van der Waals surface area contributed by atoms with Gasteiger partial charge in [0, 0.05) is 6.42 Å². The van der Waals surface area contributed by atoms with Crippen molar-refractivity contribution in [1.82, 2.24) is 0 Å². The van der Waals surface area contributed by atoms with Crippen molar-refractivity contribution in [3.63, 3.8) is 0 Å². The van der Waals surface area contributed by atoms with Crippen LogP contribution in [0.5, 0.6) is 0 Å². The largest absolute Gasteiger partial charge is 0.411 e. The maximum atomic E-state index is 11.4. The highest BCUT2D eigenvalue weighted by atomic mass is 16.4. The lowest BCUT2D eigenvalue weighted by molar-refractivity contribution is -0.113. The van der Waals surface area contributed by atoms with E-state index in [4.69, 9.17) is 5.21 Å². The van der Waals surface area contributed by atoms with E-state index >= 15 is 0 Å². The minimum absolute atomic E-state index is 0.0359. The Hall–Kier alpha value is -0.860. The van der Waals surface area contributed by atoms with Crippen LogP contribution in [0.1, 0.15) is 40.5 Å². The summed E-state index contributed by atoms with van der Waals surface area (Å²) >= 11 is 0. The fourth-order valence-electron chi connectivity index (χ4n) is 1.09. The molecule has 0 aliphatic rings. The number of ketones is 1. The maximum Gasteiger partial charge on any atom is 0.180 e. The van der Waals surface area contributed by atoms with Crippen molar-refractivity contribution in [2.24, 2.45) is 17.0 Å². The molecule has 0 spiro atoms. The van der Waals surface area contributed by atoms with E-state index in [2.05, 4.69) is 5.16 Å². The van der Waals surface area contributed by atoms with E-state index in [0.717, 1.165) is 0 Å². The molecular formula is C10H19NO2. The van der Waals surface area contributed by atoms with Crippen LogP contribution >= 0.6 is 0 Å². The van der Waals surface area contributed by atoms with E-state index < -0.39 is 0 Å². The van der Waals surface area contributed by atoms with Gasteiger partial charge in [-0.05, 0) is 18.3 Å². The van der Waals surface area contributed by atoms with Gasteiger partial charge in [0.25, 0.3) is 0 Å². The molecule has 0 heterocycles. The molecule has 0 saturated heterocycles. The first-order valence-electron chi connectivity index (χ1n) is 4.71. The maximum absolute atomic E-state index is 11.4. The summed E-state index contributed by atoms with van der Waals surface area (Å²) in [6, 6.07) is 0. The Kier molecular flexibility index (Phi) is 5.35. The van der Waals surface area contributed by atoms with E-state index in [-0.39, 0.29) is 5.78 Å². The predicted molar refractivity (Wildman–Crippen MR) is 53.1 cm³/mol. The number of carbonyl (C=O) groups is 1. The molecule has 0 fully saturated rings. The lowest BCUT2D eigenvalue weighted by Crippen LogP contribution is -2.18. The average Bonchev–Trinajstić information content (AvgIpc) is 1.98. The molecule has 0 aliphatic heterocycles. The molecule has 3 nitrogen and oxygen atoms in total. The summed E-state index contributed by atoms with van der Waals surface area (Å²) in [5.41, 5.74) is 0.309. The van der Waals surface area contributed by atoms with E-state index in [0.29, 0.717) is 30.4 Å². The Labute approximate surface area is 79.8 Å². The first-order chi connectivity index (χ1) is 5.97. The zero-order chi connectivity index (χ0) is 10.4. The average molecular weight is 185 g/mol. The van der Waals surface area contributed by atoms with E-state index in [1.54, 1.807) is 0 Å². The summed E-state index contributed by atoms with van der Waals surface area (Å²) < 4.78 is 0. The van der Waals surface area contributed by atoms with E-state index in [1.165, 1.54) is 0 Å². The zero-order valence-corrected chi connectivity index (χ0v) is 8.87. The number of carbonyl (C=O) groups excluding carboxylic acids is 1. The predicted octanol–water partition coefficient (Wildman–Crippen LogP) is 2.48. The summed E-state index contributed by atoms with van der Waals surface area (Å²) in [6.07, 6.45) is 1.02. The summed E-state index contributed by atoms with van der Waals surface area (Å²) in [7, 11) is 0. The van der Waals surface area contributed by atoms with Gasteiger partial charge in [0.15, 0.2) is 5.78 Å². The van der Waals surface area contributed by atoms with E-state index in [9.17, 15) is 4.79 Å². The van der Waals surface area contributed by atoms with Crippen molar-refractivity contribution in [3.05, 3.63) is 0 Å². The molecule has 0 radical (unpaired) electrons. The number of hydrogen-bond donors (Lipinski definition) is 1. The van der Waals surface area contributed by atoms with Crippen molar-refractivity contribution in [2.45, 2.75) is 40.5 Å². The highest BCUT2D eigenvalue weighted by Crippen LogP contribution is 2.07. The molecular weight excluding hydrogens is 166 g/mol. The lowest BCUT2D eigenvalue weighted by Gasteiger charge is -2.07. The second-order valence-electron chi connectivity index (χ2n) is 4.17. The fraction of sp³-hybridized carbons (Fsp3) is 0.800. The van der Waals surface area contributed by atoms with Crippen LogP contribution in [0.4, 0.5) is 0 Å². The van der Waals surface area contributed by atoms with Gasteiger partial charge in [-0.25, -0.2) is 0 Å². The lowest BCUT2D eigenvalue weighted by atomic mass is 9.98. The summed E-state index contributed by atoms with van der Waals surface area (Å²) in [4.78, 5) is 11.4. The van der Waals surface area contributed by atoms with Crippen LogP contribution in [-0.2, 0) is 4.79 Å². The summed E-state index contributed by atoms with van der Waals surface area (Å²) in [6.45, 7) is 7.94. The Bertz CT molecular complexity index is 195.